The predicted octanol–water partition coefficient (Wildman–Crippen LogP) is 5.05. The first-order valence-electron chi connectivity index (χ1n) is 10.2. The molecule has 0 saturated carbocycles. The van der Waals surface area contributed by atoms with E-state index in [0.717, 1.165) is 50.0 Å². The van der Waals surface area contributed by atoms with Crippen molar-refractivity contribution >= 4 is 5.97 Å². The van der Waals surface area contributed by atoms with Crippen molar-refractivity contribution in [3.8, 4) is 0 Å². The van der Waals surface area contributed by atoms with E-state index < -0.39 is 5.41 Å². The van der Waals surface area contributed by atoms with Gasteiger partial charge in [0, 0.05) is 6.54 Å². The molecule has 0 radical (unpaired) electrons. The van der Waals surface area contributed by atoms with Crippen LogP contribution in [0.2, 0.25) is 0 Å². The minimum Gasteiger partial charge on any atom is -0.463 e. The maximum Gasteiger partial charge on any atom is 0.321 e. The Morgan fingerprint density at radius 1 is 0.889 bits per heavy atom. The zero-order valence-corrected chi connectivity index (χ0v) is 17.0. The fourth-order valence-electron chi connectivity index (χ4n) is 3.61. The van der Waals surface area contributed by atoms with Gasteiger partial charge < -0.3 is 9.64 Å². The summed E-state index contributed by atoms with van der Waals surface area (Å²) in [4.78, 5) is 15.8. The summed E-state index contributed by atoms with van der Waals surface area (Å²) >= 11 is 0. The van der Waals surface area contributed by atoms with E-state index >= 15 is 0 Å². The minimum atomic E-state index is -0.748. The van der Waals surface area contributed by atoms with Crippen molar-refractivity contribution in [2.45, 2.75) is 45.4 Å². The summed E-state index contributed by atoms with van der Waals surface area (Å²) in [6, 6.07) is 20.2. The first-order chi connectivity index (χ1) is 13.2. The number of nitrogens with zero attached hydrogens (tertiary/aromatic N) is 1. The molecule has 0 N–H and O–H groups in total. The normalized spacial score (nSPS) is 11.6. The molecular weight excluding hydrogens is 334 g/mol. The second-order valence-corrected chi connectivity index (χ2v) is 6.90. The van der Waals surface area contributed by atoms with Gasteiger partial charge in [0.05, 0.1) is 0 Å². The summed E-state index contributed by atoms with van der Waals surface area (Å²) in [5.41, 5.74) is 1.27. The van der Waals surface area contributed by atoms with E-state index in [1.807, 2.05) is 60.7 Å². The number of rotatable bonds is 11. The average Bonchev–Trinajstić information content (AvgIpc) is 2.73. The Morgan fingerprint density at radius 3 is 1.85 bits per heavy atom. The second-order valence-electron chi connectivity index (χ2n) is 6.90. The maximum atomic E-state index is 13.5. The Bertz CT molecular complexity index is 626. The van der Waals surface area contributed by atoms with E-state index in [-0.39, 0.29) is 5.97 Å². The molecule has 0 heterocycles. The maximum absolute atomic E-state index is 13.5. The van der Waals surface area contributed by atoms with Crippen LogP contribution in [0.4, 0.5) is 0 Å². The van der Waals surface area contributed by atoms with Crippen molar-refractivity contribution in [1.29, 1.82) is 0 Å². The number of likely N-dealkylation sites (N-methyl/N-ethyl adjacent to an activating group) is 1. The van der Waals surface area contributed by atoms with Crippen LogP contribution in [0.3, 0.4) is 0 Å². The molecule has 3 heteroatoms. The molecule has 2 aromatic rings. The predicted molar refractivity (Wildman–Crippen MR) is 112 cm³/mol. The molecule has 0 spiro atoms. The van der Waals surface area contributed by atoms with Gasteiger partial charge in [-0.1, -0.05) is 94.3 Å². The molecule has 0 atom stereocenters. The van der Waals surface area contributed by atoms with Crippen molar-refractivity contribution in [1.82, 2.24) is 4.90 Å². The van der Waals surface area contributed by atoms with Gasteiger partial charge in [-0.2, -0.15) is 0 Å². The lowest BCUT2D eigenvalue weighted by molar-refractivity contribution is -0.149. The van der Waals surface area contributed by atoms with Crippen LogP contribution in [0.5, 0.6) is 0 Å². The highest BCUT2D eigenvalue weighted by Gasteiger charge is 2.42. The quantitative estimate of drug-likeness (QED) is 0.521. The van der Waals surface area contributed by atoms with Gasteiger partial charge in [-0.05, 0) is 30.6 Å². The monoisotopic (exact) mass is 367 g/mol. The van der Waals surface area contributed by atoms with E-state index in [9.17, 15) is 4.79 Å². The molecule has 0 aromatic heterocycles. The molecule has 2 rings (SSSR count). The number of unbranched alkanes of at least 4 members (excludes halogenated alkanes) is 1. The van der Waals surface area contributed by atoms with Crippen LogP contribution in [0.25, 0.3) is 0 Å². The lowest BCUT2D eigenvalue weighted by Crippen LogP contribution is -2.40. The van der Waals surface area contributed by atoms with Crippen LogP contribution in [0.15, 0.2) is 60.7 Å². The molecule has 0 aliphatic carbocycles. The van der Waals surface area contributed by atoms with E-state index in [1.165, 1.54) is 0 Å². The van der Waals surface area contributed by atoms with E-state index in [1.54, 1.807) is 0 Å². The van der Waals surface area contributed by atoms with Crippen molar-refractivity contribution in [3.05, 3.63) is 71.8 Å². The summed E-state index contributed by atoms with van der Waals surface area (Å²) in [5, 5.41) is 0. The molecular formula is C24H33NO2. The van der Waals surface area contributed by atoms with Crippen molar-refractivity contribution in [2.24, 2.45) is 0 Å². The second kappa shape index (κ2) is 10.9. The molecule has 0 aliphatic heterocycles. The van der Waals surface area contributed by atoms with E-state index in [4.69, 9.17) is 4.74 Å². The van der Waals surface area contributed by atoms with Gasteiger partial charge in [0.2, 0.25) is 0 Å². The molecule has 27 heavy (non-hydrogen) atoms. The Morgan fingerprint density at radius 2 is 1.41 bits per heavy atom. The van der Waals surface area contributed by atoms with Crippen molar-refractivity contribution < 1.29 is 9.53 Å². The van der Waals surface area contributed by atoms with Gasteiger partial charge >= 0.3 is 5.97 Å². The Kier molecular flexibility index (Phi) is 8.53. The molecule has 0 fully saturated rings. The van der Waals surface area contributed by atoms with E-state index in [0.29, 0.717) is 6.61 Å². The standard InChI is InChI=1S/C24H33NO2/c1-4-7-18-24(21-14-10-8-11-15-21,22-16-12-9-13-17-22)23(26)27-20-19-25(5-2)6-3/h8-17H,4-7,18-20H2,1-3H3. The number of hydrogen-bond acceptors (Lipinski definition) is 3. The van der Waals surface area contributed by atoms with Gasteiger partial charge in [0.1, 0.15) is 12.0 Å². The summed E-state index contributed by atoms with van der Waals surface area (Å²) < 4.78 is 5.87. The first-order valence-corrected chi connectivity index (χ1v) is 10.2. The third-order valence-electron chi connectivity index (χ3n) is 5.32. The van der Waals surface area contributed by atoms with E-state index in [2.05, 4.69) is 25.7 Å². The lowest BCUT2D eigenvalue weighted by atomic mass is 9.71. The summed E-state index contributed by atoms with van der Waals surface area (Å²) in [6.45, 7) is 9.54. The van der Waals surface area contributed by atoms with Gasteiger partial charge in [0.25, 0.3) is 0 Å². The fourth-order valence-corrected chi connectivity index (χ4v) is 3.61. The van der Waals surface area contributed by atoms with Crippen molar-refractivity contribution in [2.75, 3.05) is 26.2 Å². The van der Waals surface area contributed by atoms with Gasteiger partial charge in [-0.3, -0.25) is 4.79 Å². The third-order valence-corrected chi connectivity index (χ3v) is 5.32. The summed E-state index contributed by atoms with van der Waals surface area (Å²) in [6.07, 6.45) is 2.75. The highest BCUT2D eigenvalue weighted by Crippen LogP contribution is 2.38. The van der Waals surface area contributed by atoms with Gasteiger partial charge in [-0.15, -0.1) is 0 Å². The zero-order chi connectivity index (χ0) is 19.5. The number of hydrogen-bond donors (Lipinski definition) is 0. The average molecular weight is 368 g/mol. The van der Waals surface area contributed by atoms with Crippen LogP contribution in [0.1, 0.15) is 51.2 Å². The Hall–Kier alpha value is -2.13. The minimum absolute atomic E-state index is 0.138. The number of carbonyl (C=O) groups excluding carboxylic acids is 1. The number of esters is 1. The molecule has 0 bridgehead atoms. The third kappa shape index (κ3) is 5.20. The van der Waals surface area contributed by atoms with Gasteiger partial charge in [0.15, 0.2) is 0 Å². The van der Waals surface area contributed by atoms with Crippen LogP contribution in [0, 0.1) is 0 Å². The zero-order valence-electron chi connectivity index (χ0n) is 17.0. The topological polar surface area (TPSA) is 29.5 Å². The highest BCUT2D eigenvalue weighted by molar-refractivity contribution is 5.87. The van der Waals surface area contributed by atoms with Crippen LogP contribution < -0.4 is 0 Å². The molecule has 0 saturated heterocycles. The largest absolute Gasteiger partial charge is 0.463 e. The molecule has 2 aromatic carbocycles. The number of carbonyl (C=O) groups is 1. The van der Waals surface area contributed by atoms with Crippen LogP contribution in [-0.4, -0.2) is 37.1 Å². The van der Waals surface area contributed by atoms with Gasteiger partial charge in [-0.25, -0.2) is 0 Å². The SMILES string of the molecule is CCCCC(C(=O)OCCN(CC)CC)(c1ccccc1)c1ccccc1. The van der Waals surface area contributed by atoms with Crippen molar-refractivity contribution in [3.63, 3.8) is 0 Å². The lowest BCUT2D eigenvalue weighted by Gasteiger charge is -2.33. The summed E-state index contributed by atoms with van der Waals surface area (Å²) in [7, 11) is 0. The first kappa shape index (κ1) is 21.2. The number of ether oxygens (including phenoxy) is 1. The molecule has 0 unspecified atom stereocenters. The molecule has 0 amide bonds. The Labute approximate surface area is 164 Å². The molecule has 146 valence electrons. The summed E-state index contributed by atoms with van der Waals surface area (Å²) in [5.74, 6) is -0.138. The fraction of sp³-hybridized carbons (Fsp3) is 0.458. The Balaban J connectivity index is 2.37. The van der Waals surface area contributed by atoms with Crippen LogP contribution >= 0.6 is 0 Å². The van der Waals surface area contributed by atoms with Crippen LogP contribution in [-0.2, 0) is 14.9 Å². The highest BCUT2D eigenvalue weighted by atomic mass is 16.5. The number of benzene rings is 2. The smallest absolute Gasteiger partial charge is 0.321 e. The molecule has 0 aliphatic rings. The molecule has 3 nitrogen and oxygen atoms in total.